The highest BCUT2D eigenvalue weighted by atomic mass is 16.5. The molecule has 16 heavy (non-hydrogen) atoms. The minimum absolute atomic E-state index is 0.190. The maximum Gasteiger partial charge on any atom is 0.136 e. The maximum atomic E-state index is 11.7. The van der Waals surface area contributed by atoms with E-state index in [4.69, 9.17) is 4.74 Å². The van der Waals surface area contributed by atoms with Gasteiger partial charge < -0.3 is 4.74 Å². The minimum Gasteiger partial charge on any atom is -0.502 e. The summed E-state index contributed by atoms with van der Waals surface area (Å²) in [5.74, 6) is 1.83. The summed E-state index contributed by atoms with van der Waals surface area (Å²) in [5.41, 5.74) is 0. The second kappa shape index (κ2) is 6.51. The Kier molecular flexibility index (Phi) is 5.30. The lowest BCUT2D eigenvalue weighted by molar-refractivity contribution is -0.121. The molecule has 1 fully saturated rings. The molecule has 0 bridgehead atoms. The quantitative estimate of drug-likeness (QED) is 0.508. The molecule has 0 spiro atoms. The van der Waals surface area contributed by atoms with Gasteiger partial charge in [-0.1, -0.05) is 25.7 Å². The number of methoxy groups -OCH3 is 1. The lowest BCUT2D eigenvalue weighted by Gasteiger charge is -2.17. The number of carbonyl (C=O) groups is 1. The molecule has 0 aromatic carbocycles. The Balaban J connectivity index is 2.52. The Morgan fingerprint density at radius 2 is 2.31 bits per heavy atom. The van der Waals surface area contributed by atoms with E-state index in [0.29, 0.717) is 11.7 Å². The second-order valence-corrected chi connectivity index (χ2v) is 4.43. The summed E-state index contributed by atoms with van der Waals surface area (Å²) in [4.78, 5) is 11.7. The standard InChI is InChI=1S/C14H22O2/c1-4-5-6-7-13-12(8-9-14(13)15)10-11(2)16-3/h5-6,12-13H,2,4,7-10H2,1,3H3/b6-5-. The predicted molar refractivity (Wildman–Crippen MR) is 66.0 cm³/mol. The smallest absolute Gasteiger partial charge is 0.136 e. The van der Waals surface area contributed by atoms with E-state index in [2.05, 4.69) is 25.7 Å². The van der Waals surface area contributed by atoms with Crippen molar-refractivity contribution in [3.8, 4) is 0 Å². The summed E-state index contributed by atoms with van der Waals surface area (Å²) in [5, 5.41) is 0. The van der Waals surface area contributed by atoms with Gasteiger partial charge in [-0.15, -0.1) is 0 Å². The van der Waals surface area contributed by atoms with Crippen molar-refractivity contribution in [1.29, 1.82) is 0 Å². The van der Waals surface area contributed by atoms with E-state index >= 15 is 0 Å². The summed E-state index contributed by atoms with van der Waals surface area (Å²) in [6, 6.07) is 0. The van der Waals surface area contributed by atoms with Crippen molar-refractivity contribution < 1.29 is 9.53 Å². The fourth-order valence-electron chi connectivity index (χ4n) is 2.33. The summed E-state index contributed by atoms with van der Waals surface area (Å²) < 4.78 is 5.10. The van der Waals surface area contributed by atoms with Gasteiger partial charge in [-0.2, -0.15) is 0 Å². The van der Waals surface area contributed by atoms with Gasteiger partial charge >= 0.3 is 0 Å². The molecule has 1 rings (SSSR count). The fraction of sp³-hybridized carbons (Fsp3) is 0.643. The van der Waals surface area contributed by atoms with Crippen LogP contribution in [0.1, 0.15) is 39.0 Å². The molecule has 2 unspecified atom stereocenters. The molecule has 0 N–H and O–H groups in total. The molecule has 2 heteroatoms. The highest BCUT2D eigenvalue weighted by Gasteiger charge is 2.33. The highest BCUT2D eigenvalue weighted by molar-refractivity contribution is 5.83. The van der Waals surface area contributed by atoms with Crippen LogP contribution < -0.4 is 0 Å². The zero-order valence-corrected chi connectivity index (χ0v) is 10.4. The SMILES string of the molecule is C=C(CC1CCC(=O)C1C/C=C\CC)OC. The van der Waals surface area contributed by atoms with Crippen LogP contribution in [0, 0.1) is 11.8 Å². The van der Waals surface area contributed by atoms with Gasteiger partial charge in [0.25, 0.3) is 0 Å². The monoisotopic (exact) mass is 222 g/mol. The molecular weight excluding hydrogens is 200 g/mol. The predicted octanol–water partition coefficient (Wildman–Crippen LogP) is 3.49. The Morgan fingerprint density at radius 1 is 1.56 bits per heavy atom. The van der Waals surface area contributed by atoms with Gasteiger partial charge in [0.1, 0.15) is 5.78 Å². The van der Waals surface area contributed by atoms with Gasteiger partial charge in [0.05, 0.1) is 12.9 Å². The van der Waals surface area contributed by atoms with Crippen molar-refractivity contribution in [3.05, 3.63) is 24.5 Å². The third-order valence-electron chi connectivity index (χ3n) is 3.32. The first-order chi connectivity index (χ1) is 7.69. The van der Waals surface area contributed by atoms with E-state index in [1.165, 1.54) is 0 Å². The fourth-order valence-corrected chi connectivity index (χ4v) is 2.33. The van der Waals surface area contributed by atoms with E-state index in [1.54, 1.807) is 7.11 Å². The molecule has 2 atom stereocenters. The van der Waals surface area contributed by atoms with Crippen molar-refractivity contribution >= 4 is 5.78 Å². The van der Waals surface area contributed by atoms with Crippen LogP contribution in [0.15, 0.2) is 24.5 Å². The molecule has 0 aliphatic heterocycles. The van der Waals surface area contributed by atoms with Crippen molar-refractivity contribution in [2.45, 2.75) is 39.0 Å². The average molecular weight is 222 g/mol. The summed E-state index contributed by atoms with van der Waals surface area (Å²) in [7, 11) is 1.64. The zero-order valence-electron chi connectivity index (χ0n) is 10.4. The first-order valence-electron chi connectivity index (χ1n) is 6.08. The summed E-state index contributed by atoms with van der Waals surface area (Å²) in [6.45, 7) is 5.95. The third-order valence-corrected chi connectivity index (χ3v) is 3.32. The molecule has 0 amide bonds. The second-order valence-electron chi connectivity index (χ2n) is 4.43. The van der Waals surface area contributed by atoms with Crippen LogP contribution >= 0.6 is 0 Å². The molecular formula is C14H22O2. The Bertz CT molecular complexity index is 278. The van der Waals surface area contributed by atoms with Gasteiger partial charge in [-0.05, 0) is 25.2 Å². The average Bonchev–Trinajstić information content (AvgIpc) is 2.61. The van der Waals surface area contributed by atoms with Crippen molar-refractivity contribution in [1.82, 2.24) is 0 Å². The first kappa shape index (κ1) is 13.0. The van der Waals surface area contributed by atoms with Gasteiger partial charge in [0.15, 0.2) is 0 Å². The molecule has 0 saturated heterocycles. The van der Waals surface area contributed by atoms with Gasteiger partial charge in [-0.3, -0.25) is 4.79 Å². The van der Waals surface area contributed by atoms with Crippen LogP contribution in [0.4, 0.5) is 0 Å². The molecule has 2 nitrogen and oxygen atoms in total. The molecule has 1 aliphatic carbocycles. The molecule has 0 aromatic heterocycles. The van der Waals surface area contributed by atoms with Crippen molar-refractivity contribution in [2.24, 2.45) is 11.8 Å². The molecule has 0 radical (unpaired) electrons. The summed E-state index contributed by atoms with van der Waals surface area (Å²) in [6.07, 6.45) is 8.74. The van der Waals surface area contributed by atoms with Crippen molar-refractivity contribution in [2.75, 3.05) is 7.11 Å². The zero-order chi connectivity index (χ0) is 12.0. The van der Waals surface area contributed by atoms with E-state index in [1.807, 2.05) is 0 Å². The number of allylic oxidation sites excluding steroid dienone is 3. The number of Topliss-reactive ketones (excluding diaryl/α,β-unsaturated/α-hetero) is 1. The lowest BCUT2D eigenvalue weighted by Crippen LogP contribution is -2.14. The van der Waals surface area contributed by atoms with Gasteiger partial charge in [0.2, 0.25) is 0 Å². The van der Waals surface area contributed by atoms with Crippen molar-refractivity contribution in [3.63, 3.8) is 0 Å². The van der Waals surface area contributed by atoms with Crippen LogP contribution in [-0.4, -0.2) is 12.9 Å². The number of carbonyl (C=O) groups excluding carboxylic acids is 1. The van der Waals surface area contributed by atoms with Gasteiger partial charge in [0, 0.05) is 18.8 Å². The number of rotatable bonds is 6. The van der Waals surface area contributed by atoms with Crippen LogP contribution in [0.5, 0.6) is 0 Å². The number of hydrogen-bond donors (Lipinski definition) is 0. The van der Waals surface area contributed by atoms with Gasteiger partial charge in [-0.25, -0.2) is 0 Å². The number of hydrogen-bond acceptors (Lipinski definition) is 2. The normalized spacial score (nSPS) is 25.2. The van der Waals surface area contributed by atoms with E-state index in [9.17, 15) is 4.79 Å². The number of ether oxygens (including phenoxy) is 1. The molecule has 0 aromatic rings. The van der Waals surface area contributed by atoms with Crippen LogP contribution in [0.25, 0.3) is 0 Å². The van der Waals surface area contributed by atoms with E-state index < -0.39 is 0 Å². The molecule has 1 saturated carbocycles. The summed E-state index contributed by atoms with van der Waals surface area (Å²) >= 11 is 0. The Labute approximate surface area is 98.4 Å². The van der Waals surface area contributed by atoms with E-state index in [-0.39, 0.29) is 5.92 Å². The Hall–Kier alpha value is -1.05. The van der Waals surface area contributed by atoms with Crippen LogP contribution in [0.3, 0.4) is 0 Å². The first-order valence-corrected chi connectivity index (χ1v) is 6.08. The minimum atomic E-state index is 0.190. The molecule has 1 aliphatic rings. The van der Waals surface area contributed by atoms with Crippen LogP contribution in [0.2, 0.25) is 0 Å². The third kappa shape index (κ3) is 3.51. The lowest BCUT2D eigenvalue weighted by atomic mass is 9.89. The number of ketones is 1. The molecule has 90 valence electrons. The molecule has 0 heterocycles. The van der Waals surface area contributed by atoms with E-state index in [0.717, 1.165) is 37.9 Å². The topological polar surface area (TPSA) is 26.3 Å². The Morgan fingerprint density at radius 3 is 2.94 bits per heavy atom. The largest absolute Gasteiger partial charge is 0.502 e. The highest BCUT2D eigenvalue weighted by Crippen LogP contribution is 2.35. The van der Waals surface area contributed by atoms with Crippen LogP contribution in [-0.2, 0) is 9.53 Å². The maximum absolute atomic E-state index is 11.7.